The van der Waals surface area contributed by atoms with Crippen LogP contribution in [0.2, 0.25) is 0 Å². The predicted octanol–water partition coefficient (Wildman–Crippen LogP) is 5.05. The highest BCUT2D eigenvalue weighted by atomic mass is 32.1. The van der Waals surface area contributed by atoms with Gasteiger partial charge >= 0.3 is 0 Å². The Labute approximate surface area is 211 Å². The zero-order chi connectivity index (χ0) is 25.2. The minimum atomic E-state index is -0.203. The summed E-state index contributed by atoms with van der Waals surface area (Å²) in [7, 11) is 1.65. The molecule has 0 bridgehead atoms. The van der Waals surface area contributed by atoms with Crippen LogP contribution in [0.3, 0.4) is 0 Å². The summed E-state index contributed by atoms with van der Waals surface area (Å²) in [6.45, 7) is 7.91. The smallest absolute Gasteiger partial charge is 0.244 e. The molecule has 3 aromatic rings. The van der Waals surface area contributed by atoms with Gasteiger partial charge < -0.3 is 10.1 Å². The molecule has 2 amide bonds. The van der Waals surface area contributed by atoms with Crippen molar-refractivity contribution in [3.05, 3.63) is 77.3 Å². The molecule has 0 saturated carbocycles. The topological polar surface area (TPSA) is 74.8 Å². The first kappa shape index (κ1) is 26.1. The number of ether oxygens (including phenoxy) is 1. The minimum absolute atomic E-state index is 0.0262. The van der Waals surface area contributed by atoms with Crippen molar-refractivity contribution in [1.29, 1.82) is 0 Å². The number of nitrogens with zero attached hydrogens (tertiary/aromatic N) is 3. The molecule has 1 unspecified atom stereocenters. The largest absolute Gasteiger partial charge is 0.497 e. The third-order valence-corrected chi connectivity index (χ3v) is 6.48. The Morgan fingerprint density at radius 1 is 1.11 bits per heavy atom. The fourth-order valence-corrected chi connectivity index (χ4v) is 4.70. The highest BCUT2D eigenvalue weighted by molar-refractivity contribution is 7.14. The summed E-state index contributed by atoms with van der Waals surface area (Å²) in [4.78, 5) is 33.2. The van der Waals surface area contributed by atoms with Gasteiger partial charge in [0.1, 0.15) is 5.75 Å². The van der Waals surface area contributed by atoms with Crippen molar-refractivity contribution in [3.8, 4) is 5.75 Å². The molecule has 1 aromatic heterocycles. The quantitative estimate of drug-likeness (QED) is 0.379. The number of thiazole rings is 1. The SMILES string of the molecule is CCN(CC)C(CNC(=O)/C=C/c1csc(N(C(C)=O)c2ccccc2)n1)c1cccc(OC)c1. The summed E-state index contributed by atoms with van der Waals surface area (Å²) in [6.07, 6.45) is 3.14. The Kier molecular flexibility index (Phi) is 9.57. The van der Waals surface area contributed by atoms with Crippen LogP contribution < -0.4 is 15.0 Å². The normalized spacial score (nSPS) is 12.0. The van der Waals surface area contributed by atoms with E-state index in [0.29, 0.717) is 17.4 Å². The van der Waals surface area contributed by atoms with Gasteiger partial charge in [0, 0.05) is 24.9 Å². The van der Waals surface area contributed by atoms with E-state index in [4.69, 9.17) is 4.74 Å². The Bertz CT molecular complexity index is 1140. The fourth-order valence-electron chi connectivity index (χ4n) is 3.85. The second-order valence-corrected chi connectivity index (χ2v) is 8.67. The van der Waals surface area contributed by atoms with Crippen LogP contribution >= 0.6 is 11.3 Å². The number of carbonyl (C=O) groups excluding carboxylic acids is 2. The van der Waals surface area contributed by atoms with Gasteiger partial charge in [0.2, 0.25) is 11.8 Å². The molecule has 0 aliphatic rings. The van der Waals surface area contributed by atoms with E-state index in [9.17, 15) is 9.59 Å². The lowest BCUT2D eigenvalue weighted by Crippen LogP contribution is -2.37. The van der Waals surface area contributed by atoms with E-state index >= 15 is 0 Å². The lowest BCUT2D eigenvalue weighted by atomic mass is 10.0. The molecule has 0 aliphatic carbocycles. The molecule has 0 saturated heterocycles. The summed E-state index contributed by atoms with van der Waals surface area (Å²) < 4.78 is 5.38. The molecule has 7 nitrogen and oxygen atoms in total. The van der Waals surface area contributed by atoms with Gasteiger partial charge in [0.25, 0.3) is 0 Å². The zero-order valence-corrected chi connectivity index (χ0v) is 21.4. The summed E-state index contributed by atoms with van der Waals surface area (Å²) in [5, 5.41) is 5.40. The van der Waals surface area contributed by atoms with Crippen molar-refractivity contribution >= 4 is 40.0 Å². The Morgan fingerprint density at radius 2 is 1.86 bits per heavy atom. The number of rotatable bonds is 11. The van der Waals surface area contributed by atoms with E-state index in [-0.39, 0.29) is 17.9 Å². The van der Waals surface area contributed by atoms with E-state index in [2.05, 4.69) is 35.1 Å². The molecule has 0 radical (unpaired) electrons. The van der Waals surface area contributed by atoms with Gasteiger partial charge in [0.15, 0.2) is 5.13 Å². The molecule has 35 heavy (non-hydrogen) atoms. The summed E-state index contributed by atoms with van der Waals surface area (Å²) in [5.41, 5.74) is 2.46. The van der Waals surface area contributed by atoms with E-state index < -0.39 is 0 Å². The van der Waals surface area contributed by atoms with Crippen LogP contribution in [0.1, 0.15) is 38.1 Å². The van der Waals surface area contributed by atoms with Crippen LogP contribution in [0.25, 0.3) is 6.08 Å². The maximum Gasteiger partial charge on any atom is 0.244 e. The number of benzene rings is 2. The second kappa shape index (κ2) is 12.8. The number of likely N-dealkylation sites (N-methyl/N-ethyl adjacent to an activating group) is 1. The molecule has 0 aliphatic heterocycles. The van der Waals surface area contributed by atoms with Crippen molar-refractivity contribution in [2.45, 2.75) is 26.8 Å². The van der Waals surface area contributed by atoms with Gasteiger partial charge in [-0.3, -0.25) is 19.4 Å². The number of amides is 2. The minimum Gasteiger partial charge on any atom is -0.497 e. The molecular formula is C27H32N4O3S. The van der Waals surface area contributed by atoms with Gasteiger partial charge in [-0.05, 0) is 49.0 Å². The lowest BCUT2D eigenvalue weighted by molar-refractivity contribution is -0.117. The first-order valence-corrected chi connectivity index (χ1v) is 12.5. The van der Waals surface area contributed by atoms with Crippen LogP contribution in [0.4, 0.5) is 10.8 Å². The van der Waals surface area contributed by atoms with Crippen LogP contribution in [-0.4, -0.2) is 48.4 Å². The monoisotopic (exact) mass is 492 g/mol. The average molecular weight is 493 g/mol. The first-order chi connectivity index (χ1) is 17.0. The van der Waals surface area contributed by atoms with E-state index in [1.165, 1.54) is 24.3 Å². The Hall–Kier alpha value is -3.49. The maximum atomic E-state index is 12.6. The van der Waals surface area contributed by atoms with E-state index in [1.54, 1.807) is 18.1 Å². The maximum absolute atomic E-state index is 12.6. The second-order valence-electron chi connectivity index (χ2n) is 7.84. The predicted molar refractivity (Wildman–Crippen MR) is 142 cm³/mol. The van der Waals surface area contributed by atoms with Crippen LogP contribution in [-0.2, 0) is 9.59 Å². The van der Waals surface area contributed by atoms with Crippen LogP contribution in [0.15, 0.2) is 66.1 Å². The number of hydrogen-bond acceptors (Lipinski definition) is 6. The van der Waals surface area contributed by atoms with Crippen molar-refractivity contribution in [2.75, 3.05) is 31.6 Å². The zero-order valence-electron chi connectivity index (χ0n) is 20.6. The van der Waals surface area contributed by atoms with Crippen LogP contribution in [0, 0.1) is 0 Å². The average Bonchev–Trinajstić information content (AvgIpc) is 3.34. The van der Waals surface area contributed by atoms with Crippen LogP contribution in [0.5, 0.6) is 5.75 Å². The number of anilines is 2. The van der Waals surface area contributed by atoms with Gasteiger partial charge in [-0.25, -0.2) is 4.98 Å². The highest BCUT2D eigenvalue weighted by Gasteiger charge is 2.20. The van der Waals surface area contributed by atoms with Gasteiger partial charge in [-0.2, -0.15) is 0 Å². The third-order valence-electron chi connectivity index (χ3n) is 5.64. The number of hydrogen-bond donors (Lipinski definition) is 1. The number of carbonyl (C=O) groups is 2. The molecule has 184 valence electrons. The van der Waals surface area contributed by atoms with Crippen molar-refractivity contribution in [2.24, 2.45) is 0 Å². The first-order valence-electron chi connectivity index (χ1n) is 11.6. The molecule has 2 aromatic carbocycles. The molecular weight excluding hydrogens is 460 g/mol. The van der Waals surface area contributed by atoms with Crippen molar-refractivity contribution in [3.63, 3.8) is 0 Å². The van der Waals surface area contributed by atoms with Gasteiger partial charge in [-0.15, -0.1) is 11.3 Å². The van der Waals surface area contributed by atoms with Gasteiger partial charge in [-0.1, -0.05) is 44.2 Å². The molecule has 1 heterocycles. The lowest BCUT2D eigenvalue weighted by Gasteiger charge is -2.30. The highest BCUT2D eigenvalue weighted by Crippen LogP contribution is 2.29. The standard InChI is InChI=1S/C27H32N4O3S/c1-5-30(6-2)25(21-11-10-14-24(17-21)34-4)18-28-26(33)16-15-22-19-35-27(29-22)31(20(3)32)23-12-8-7-9-13-23/h7-17,19,25H,5-6,18H2,1-4H3,(H,28,33)/b16-15+. The van der Waals surface area contributed by atoms with Crippen molar-refractivity contribution < 1.29 is 14.3 Å². The number of para-hydroxylation sites is 1. The molecule has 0 spiro atoms. The van der Waals surface area contributed by atoms with Crippen molar-refractivity contribution in [1.82, 2.24) is 15.2 Å². The summed E-state index contributed by atoms with van der Waals surface area (Å²) >= 11 is 1.35. The number of nitrogens with one attached hydrogen (secondary N) is 1. The third kappa shape index (κ3) is 7.00. The Balaban J connectivity index is 1.68. The molecule has 0 fully saturated rings. The molecule has 1 atom stereocenters. The number of methoxy groups -OCH3 is 1. The summed E-state index contributed by atoms with van der Waals surface area (Å²) in [6, 6.07) is 17.3. The van der Waals surface area contributed by atoms with E-state index in [1.807, 2.05) is 53.9 Å². The van der Waals surface area contributed by atoms with Gasteiger partial charge in [0.05, 0.1) is 24.5 Å². The number of aromatic nitrogens is 1. The summed E-state index contributed by atoms with van der Waals surface area (Å²) in [5.74, 6) is 0.463. The Morgan fingerprint density at radius 3 is 2.51 bits per heavy atom. The van der Waals surface area contributed by atoms with E-state index in [0.717, 1.165) is 30.1 Å². The molecule has 3 rings (SSSR count). The fraction of sp³-hybridized carbons (Fsp3) is 0.296. The molecule has 1 N–H and O–H groups in total. The molecule has 8 heteroatoms.